The summed E-state index contributed by atoms with van der Waals surface area (Å²) in [6.07, 6.45) is 23.2. The summed E-state index contributed by atoms with van der Waals surface area (Å²) in [5.74, 6) is -1.29. The van der Waals surface area contributed by atoms with Crippen molar-refractivity contribution in [2.24, 2.45) is 0 Å². The van der Waals surface area contributed by atoms with Gasteiger partial charge in [-0.1, -0.05) is 173 Å². The van der Waals surface area contributed by atoms with Gasteiger partial charge in [0.2, 0.25) is 0 Å². The van der Waals surface area contributed by atoms with Gasteiger partial charge in [-0.05, 0) is 44.9 Å². The molecule has 0 aromatic heterocycles. The molecule has 0 radical (unpaired) electrons. The van der Waals surface area contributed by atoms with Gasteiger partial charge in [0.1, 0.15) is 43.2 Å². The number of phosphoric acid groups is 3. The van der Waals surface area contributed by atoms with Crippen LogP contribution in [0.4, 0.5) is 0 Å². The van der Waals surface area contributed by atoms with Gasteiger partial charge in [-0.15, -0.1) is 0 Å². The van der Waals surface area contributed by atoms with Crippen LogP contribution in [0, 0.1) is 0 Å². The minimum Gasteiger partial charge on any atom is -0.462 e. The maximum atomic E-state index is 13.1. The van der Waals surface area contributed by atoms with E-state index in [1.807, 2.05) is 0 Å². The third-order valence-corrected chi connectivity index (χ3v) is 13.8. The van der Waals surface area contributed by atoms with Crippen LogP contribution in [-0.4, -0.2) is 108 Å². The molecule has 1 fully saturated rings. The molecule has 0 spiro atoms. The second-order valence-corrected chi connectivity index (χ2v) is 21.9. The van der Waals surface area contributed by atoms with Crippen molar-refractivity contribution < 1.29 is 90.6 Å². The average Bonchev–Trinajstić information content (AvgIpc) is 3.28. The number of esters is 2. The first-order valence-corrected chi connectivity index (χ1v) is 30.2. The molecule has 1 aliphatic rings. The minimum atomic E-state index is -5.60. The van der Waals surface area contributed by atoms with E-state index in [1.165, 1.54) is 89.9 Å². The molecule has 406 valence electrons. The summed E-state index contributed by atoms with van der Waals surface area (Å²) in [4.78, 5) is 73.3. The molecule has 0 heterocycles. The Balaban J connectivity index is 2.67. The van der Waals surface area contributed by atoms with Gasteiger partial charge < -0.3 is 49.3 Å². The van der Waals surface area contributed by atoms with Gasteiger partial charge in [0.05, 0.1) is 6.61 Å². The number of carbonyl (C=O) groups excluding carboxylic acids is 2. The van der Waals surface area contributed by atoms with Crippen LogP contribution in [0.2, 0.25) is 0 Å². The van der Waals surface area contributed by atoms with Crippen LogP contribution < -0.4 is 0 Å². The molecule has 8 N–H and O–H groups in total. The molecule has 69 heavy (non-hydrogen) atoms. The molecular weight excluding hydrogens is 961 g/mol. The lowest BCUT2D eigenvalue weighted by Gasteiger charge is -2.44. The Morgan fingerprint density at radius 1 is 0.464 bits per heavy atom. The summed E-state index contributed by atoms with van der Waals surface area (Å²) >= 11 is 0. The lowest BCUT2D eigenvalue weighted by Crippen LogP contribution is -2.65. The van der Waals surface area contributed by atoms with Crippen LogP contribution in [0.5, 0.6) is 0 Å². The largest absolute Gasteiger partial charge is 0.472 e. The third-order valence-electron chi connectivity index (χ3n) is 11.8. The summed E-state index contributed by atoms with van der Waals surface area (Å²) in [5.41, 5.74) is 0. The highest BCUT2D eigenvalue weighted by Gasteiger charge is 2.56. The molecule has 1 saturated carbocycles. The van der Waals surface area contributed by atoms with Gasteiger partial charge >= 0.3 is 35.4 Å². The van der Waals surface area contributed by atoms with E-state index in [9.17, 15) is 63.1 Å². The molecule has 0 aliphatic heterocycles. The molecule has 1 rings (SSSR count). The highest BCUT2D eigenvalue weighted by atomic mass is 31.2. The van der Waals surface area contributed by atoms with Crippen LogP contribution in [0.15, 0.2) is 24.3 Å². The number of aliphatic hydroxyl groups is 3. The SMILES string of the molecule is CCCCC/C=C\C/C=C\CCCCCCCCCCCC(=O)O[C@H](COC(=O)CCCCCCCCCCCCCCC)COP(=O)(O)O[C@H]1C(O)C(O)C(OP(=O)(O)O)[C@@H](OP(=O)(O)O)C1O. The van der Waals surface area contributed by atoms with Crippen LogP contribution >= 0.6 is 23.5 Å². The molecule has 8 atom stereocenters. The second kappa shape index (κ2) is 39.1. The molecule has 1 aliphatic carbocycles. The normalized spacial score (nSPS) is 21.5. The highest BCUT2D eigenvalue weighted by Crippen LogP contribution is 2.51. The van der Waals surface area contributed by atoms with Crippen molar-refractivity contribution in [1.29, 1.82) is 0 Å². The molecule has 0 aromatic carbocycles. The Kier molecular flexibility index (Phi) is 37.2. The third kappa shape index (κ3) is 35.4. The minimum absolute atomic E-state index is 0.00396. The van der Waals surface area contributed by atoms with Crippen LogP contribution in [0.1, 0.15) is 206 Å². The van der Waals surface area contributed by atoms with Crippen molar-refractivity contribution in [3.8, 4) is 0 Å². The summed E-state index contributed by atoms with van der Waals surface area (Å²) < 4.78 is 65.6. The number of hydrogen-bond acceptors (Lipinski definition) is 14. The number of ether oxygens (including phenoxy) is 2. The standard InChI is InChI=1S/C47H89O19P3/c1-3-5-7-9-11-13-15-17-18-19-20-21-22-24-26-28-30-32-34-36-41(49)63-39(37-61-40(48)35-33-31-29-27-25-23-16-14-12-10-8-6-4-2)38-62-69(59,60)66-45-42(50)43(51)46(64-67(53,54)55)47(44(45)52)65-68(56,57)58/h11,13,17-18,39,42-47,50-52H,3-10,12,14-16,19-38H2,1-2H3,(H,59,60)(H2,53,54,55)(H2,56,57,58)/b13-11-,18-17-/t39-,42?,43?,44?,45+,46?,47+/m1/s1. The van der Waals surface area contributed by atoms with Crippen LogP contribution in [0.25, 0.3) is 0 Å². The predicted molar refractivity (Wildman–Crippen MR) is 261 cm³/mol. The second-order valence-electron chi connectivity index (χ2n) is 18.1. The summed E-state index contributed by atoms with van der Waals surface area (Å²) in [5, 5.41) is 31.9. The topological polar surface area (TPSA) is 303 Å². The molecule has 0 aromatic rings. The zero-order valence-electron chi connectivity index (χ0n) is 41.4. The van der Waals surface area contributed by atoms with Crippen molar-refractivity contribution in [2.45, 2.75) is 249 Å². The van der Waals surface area contributed by atoms with Crippen molar-refractivity contribution in [1.82, 2.24) is 0 Å². The Morgan fingerprint density at radius 3 is 1.30 bits per heavy atom. The first kappa shape index (κ1) is 65.6. The Bertz CT molecular complexity index is 1540. The van der Waals surface area contributed by atoms with E-state index in [1.54, 1.807) is 0 Å². The monoisotopic (exact) mass is 1050 g/mol. The zero-order valence-corrected chi connectivity index (χ0v) is 44.1. The van der Waals surface area contributed by atoms with Crippen molar-refractivity contribution in [2.75, 3.05) is 13.2 Å². The van der Waals surface area contributed by atoms with Crippen molar-refractivity contribution >= 4 is 35.4 Å². The number of rotatable bonds is 44. The predicted octanol–water partition coefficient (Wildman–Crippen LogP) is 9.85. The smallest absolute Gasteiger partial charge is 0.462 e. The maximum absolute atomic E-state index is 13.1. The van der Waals surface area contributed by atoms with Gasteiger partial charge in [-0.2, -0.15) is 0 Å². The lowest BCUT2D eigenvalue weighted by atomic mass is 9.85. The maximum Gasteiger partial charge on any atom is 0.472 e. The molecule has 19 nitrogen and oxygen atoms in total. The van der Waals surface area contributed by atoms with Gasteiger partial charge in [-0.25, -0.2) is 13.7 Å². The molecular formula is C47H89O19P3. The summed E-state index contributed by atoms with van der Waals surface area (Å²) in [6, 6.07) is 0. The van der Waals surface area contributed by atoms with Crippen LogP contribution in [-0.2, 0) is 50.9 Å². The van der Waals surface area contributed by atoms with Gasteiger partial charge in [-0.3, -0.25) is 27.7 Å². The Hall–Kier alpha value is -1.37. The number of allylic oxidation sites excluding steroid dienone is 4. The first-order valence-electron chi connectivity index (χ1n) is 25.6. The number of unbranched alkanes of at least 4 members (excludes halogenated alkanes) is 24. The lowest BCUT2D eigenvalue weighted by molar-refractivity contribution is -0.213. The van der Waals surface area contributed by atoms with Crippen molar-refractivity contribution in [3.05, 3.63) is 24.3 Å². The number of phosphoric ester groups is 3. The highest BCUT2D eigenvalue weighted by molar-refractivity contribution is 7.47. The molecule has 5 unspecified atom stereocenters. The molecule has 0 bridgehead atoms. The van der Waals surface area contributed by atoms with Gasteiger partial charge in [0, 0.05) is 12.8 Å². The molecule has 22 heteroatoms. The van der Waals surface area contributed by atoms with E-state index in [-0.39, 0.29) is 12.8 Å². The fourth-order valence-corrected chi connectivity index (χ4v) is 10.0. The van der Waals surface area contributed by atoms with E-state index in [2.05, 4.69) is 47.2 Å². The fraction of sp³-hybridized carbons (Fsp3) is 0.872. The zero-order chi connectivity index (χ0) is 51.4. The first-order chi connectivity index (χ1) is 32.8. The van der Waals surface area contributed by atoms with E-state index in [0.717, 1.165) is 77.0 Å². The van der Waals surface area contributed by atoms with Crippen LogP contribution in [0.3, 0.4) is 0 Å². The average molecular weight is 1050 g/mol. The van der Waals surface area contributed by atoms with Crippen molar-refractivity contribution in [3.63, 3.8) is 0 Å². The fourth-order valence-electron chi connectivity index (χ4n) is 7.91. The Labute approximate surface area is 411 Å². The Morgan fingerprint density at radius 2 is 0.841 bits per heavy atom. The van der Waals surface area contributed by atoms with Gasteiger partial charge in [0.25, 0.3) is 0 Å². The van der Waals surface area contributed by atoms with E-state index in [4.69, 9.17) is 18.5 Å². The van der Waals surface area contributed by atoms with E-state index >= 15 is 0 Å². The molecule has 0 amide bonds. The number of hydrogen-bond donors (Lipinski definition) is 8. The van der Waals surface area contributed by atoms with E-state index < -0.39 is 91.3 Å². The van der Waals surface area contributed by atoms with Gasteiger partial charge in [0.15, 0.2) is 6.10 Å². The molecule has 0 saturated heterocycles. The number of carbonyl (C=O) groups is 2. The van der Waals surface area contributed by atoms with E-state index in [0.29, 0.717) is 12.8 Å². The summed E-state index contributed by atoms with van der Waals surface area (Å²) in [7, 11) is -16.6. The quantitative estimate of drug-likeness (QED) is 0.0122. The number of aliphatic hydroxyl groups excluding tert-OH is 3. The summed E-state index contributed by atoms with van der Waals surface area (Å²) in [6.45, 7) is 2.94.